The molecular formula is C9H17NO2S. The van der Waals surface area contributed by atoms with Crippen molar-refractivity contribution in [3.05, 3.63) is 12.2 Å². The lowest BCUT2D eigenvalue weighted by atomic mass is 10.1. The first-order chi connectivity index (χ1) is 5.91. The highest BCUT2D eigenvalue weighted by molar-refractivity contribution is 8.00. The van der Waals surface area contributed by atoms with E-state index in [2.05, 4.69) is 0 Å². The van der Waals surface area contributed by atoms with E-state index in [9.17, 15) is 4.79 Å². The Morgan fingerprint density at radius 2 is 2.23 bits per heavy atom. The Hall–Kier alpha value is -0.480. The fourth-order valence-corrected chi connectivity index (χ4v) is 1.74. The fourth-order valence-electron chi connectivity index (χ4n) is 0.746. The van der Waals surface area contributed by atoms with Crippen molar-refractivity contribution >= 4 is 17.7 Å². The second-order valence-corrected chi connectivity index (χ2v) is 4.97. The molecule has 4 heteroatoms. The lowest BCUT2D eigenvalue weighted by molar-refractivity contribution is -0.139. The second kappa shape index (κ2) is 5.29. The molecule has 1 atom stereocenters. The van der Waals surface area contributed by atoms with E-state index in [0.29, 0.717) is 0 Å². The summed E-state index contributed by atoms with van der Waals surface area (Å²) in [5.41, 5.74) is 5.53. The molecule has 0 fully saturated rings. The Kier molecular flexibility index (Phi) is 5.10. The van der Waals surface area contributed by atoms with Gasteiger partial charge in [-0.05, 0) is 20.8 Å². The summed E-state index contributed by atoms with van der Waals surface area (Å²) in [5, 5.41) is 8.72. The van der Waals surface area contributed by atoms with Crippen molar-refractivity contribution in [2.75, 3.05) is 5.75 Å². The molecule has 3 nitrogen and oxygen atoms in total. The third-order valence-corrected chi connectivity index (χ3v) is 3.16. The van der Waals surface area contributed by atoms with Gasteiger partial charge < -0.3 is 10.8 Å². The molecule has 0 saturated carbocycles. The number of hydrogen-bond acceptors (Lipinski definition) is 3. The Morgan fingerprint density at radius 3 is 2.62 bits per heavy atom. The summed E-state index contributed by atoms with van der Waals surface area (Å²) in [6, 6.07) is -0.817. The first-order valence-electron chi connectivity index (χ1n) is 4.15. The Labute approximate surface area is 83.4 Å². The quantitative estimate of drug-likeness (QED) is 0.664. The van der Waals surface area contributed by atoms with Crippen molar-refractivity contribution in [3.8, 4) is 0 Å². The molecular weight excluding hydrogens is 186 g/mol. The standard InChI is InChI=1S/C9H17NO2S/c1-4-5-6-13-9(2,3)7(10)8(11)12/h4-5,7H,6,10H2,1-3H3,(H,11,12)/b5-4+/t7-/m1/s1. The highest BCUT2D eigenvalue weighted by Gasteiger charge is 2.31. The molecule has 0 aromatic carbocycles. The van der Waals surface area contributed by atoms with E-state index in [1.807, 2.05) is 32.9 Å². The molecule has 0 bridgehead atoms. The highest BCUT2D eigenvalue weighted by atomic mass is 32.2. The third kappa shape index (κ3) is 4.33. The van der Waals surface area contributed by atoms with Gasteiger partial charge >= 0.3 is 5.97 Å². The van der Waals surface area contributed by atoms with Gasteiger partial charge in [-0.15, -0.1) is 11.8 Å². The first-order valence-corrected chi connectivity index (χ1v) is 5.14. The number of allylic oxidation sites excluding steroid dienone is 1. The van der Waals surface area contributed by atoms with Gasteiger partial charge in [0.2, 0.25) is 0 Å². The lowest BCUT2D eigenvalue weighted by Crippen LogP contribution is -2.46. The van der Waals surface area contributed by atoms with Crippen molar-refractivity contribution in [3.63, 3.8) is 0 Å². The molecule has 0 aliphatic carbocycles. The Morgan fingerprint density at radius 1 is 1.69 bits per heavy atom. The third-order valence-electron chi connectivity index (χ3n) is 1.80. The summed E-state index contributed by atoms with van der Waals surface area (Å²) in [7, 11) is 0. The minimum absolute atomic E-state index is 0.425. The summed E-state index contributed by atoms with van der Waals surface area (Å²) in [4.78, 5) is 10.6. The van der Waals surface area contributed by atoms with Crippen LogP contribution in [-0.2, 0) is 4.79 Å². The highest BCUT2D eigenvalue weighted by Crippen LogP contribution is 2.27. The molecule has 76 valence electrons. The summed E-state index contributed by atoms with van der Waals surface area (Å²) in [5.74, 6) is -0.150. The van der Waals surface area contributed by atoms with Crippen LogP contribution in [0.3, 0.4) is 0 Å². The van der Waals surface area contributed by atoms with Crippen molar-refractivity contribution in [1.29, 1.82) is 0 Å². The number of thioether (sulfide) groups is 1. The van der Waals surface area contributed by atoms with Gasteiger partial charge in [0.15, 0.2) is 0 Å². The van der Waals surface area contributed by atoms with Gasteiger partial charge in [-0.3, -0.25) is 4.79 Å². The minimum Gasteiger partial charge on any atom is -0.480 e. The van der Waals surface area contributed by atoms with Gasteiger partial charge in [0.25, 0.3) is 0 Å². The molecule has 0 spiro atoms. The van der Waals surface area contributed by atoms with Crippen molar-refractivity contribution < 1.29 is 9.90 Å². The van der Waals surface area contributed by atoms with Gasteiger partial charge in [-0.2, -0.15) is 0 Å². The normalized spacial score (nSPS) is 14.8. The SMILES string of the molecule is C/C=C/CSC(C)(C)[C@H](N)C(=O)O. The summed E-state index contributed by atoms with van der Waals surface area (Å²) < 4.78 is -0.425. The zero-order valence-electron chi connectivity index (χ0n) is 8.28. The first kappa shape index (κ1) is 12.5. The molecule has 0 heterocycles. The number of carboxylic acid groups (broad SMARTS) is 1. The summed E-state index contributed by atoms with van der Waals surface area (Å²) >= 11 is 1.55. The molecule has 0 rings (SSSR count). The predicted octanol–water partition coefficient (Wildman–Crippen LogP) is 1.49. The van der Waals surface area contributed by atoms with E-state index in [1.54, 1.807) is 11.8 Å². The second-order valence-electron chi connectivity index (χ2n) is 3.30. The number of carbonyl (C=O) groups is 1. The largest absolute Gasteiger partial charge is 0.480 e. The van der Waals surface area contributed by atoms with E-state index >= 15 is 0 Å². The van der Waals surface area contributed by atoms with Crippen molar-refractivity contribution in [2.24, 2.45) is 5.73 Å². The molecule has 0 unspecified atom stereocenters. The van der Waals surface area contributed by atoms with Crippen LogP contribution in [0, 0.1) is 0 Å². The van der Waals surface area contributed by atoms with Gasteiger partial charge in [0.05, 0.1) is 0 Å². The average Bonchev–Trinajstić information content (AvgIpc) is 2.03. The summed E-state index contributed by atoms with van der Waals surface area (Å²) in [6.45, 7) is 5.63. The van der Waals surface area contributed by atoms with Crippen LogP contribution in [0.5, 0.6) is 0 Å². The predicted molar refractivity (Wildman–Crippen MR) is 57.0 cm³/mol. The van der Waals surface area contributed by atoms with Gasteiger partial charge in [-0.1, -0.05) is 12.2 Å². The molecule has 0 aromatic rings. The van der Waals surface area contributed by atoms with E-state index in [4.69, 9.17) is 10.8 Å². The monoisotopic (exact) mass is 203 g/mol. The Bertz CT molecular complexity index is 202. The molecule has 0 radical (unpaired) electrons. The van der Waals surface area contributed by atoms with Crippen molar-refractivity contribution in [1.82, 2.24) is 0 Å². The smallest absolute Gasteiger partial charge is 0.321 e. The zero-order valence-corrected chi connectivity index (χ0v) is 9.10. The van der Waals surface area contributed by atoms with Crippen LogP contribution in [0.25, 0.3) is 0 Å². The van der Waals surface area contributed by atoms with E-state index < -0.39 is 16.8 Å². The van der Waals surface area contributed by atoms with E-state index in [1.165, 1.54) is 0 Å². The molecule has 0 amide bonds. The number of rotatable bonds is 5. The van der Waals surface area contributed by atoms with Crippen LogP contribution >= 0.6 is 11.8 Å². The number of aliphatic carboxylic acids is 1. The lowest BCUT2D eigenvalue weighted by Gasteiger charge is -2.27. The van der Waals surface area contributed by atoms with Gasteiger partial charge in [0.1, 0.15) is 6.04 Å². The maximum absolute atomic E-state index is 10.6. The molecule has 0 aromatic heterocycles. The summed E-state index contributed by atoms with van der Waals surface area (Å²) in [6.07, 6.45) is 3.93. The van der Waals surface area contributed by atoms with Gasteiger partial charge in [-0.25, -0.2) is 0 Å². The average molecular weight is 203 g/mol. The van der Waals surface area contributed by atoms with E-state index in [-0.39, 0.29) is 0 Å². The van der Waals surface area contributed by atoms with Crippen LogP contribution in [0.4, 0.5) is 0 Å². The van der Waals surface area contributed by atoms with Crippen LogP contribution in [0.15, 0.2) is 12.2 Å². The van der Waals surface area contributed by atoms with Crippen molar-refractivity contribution in [2.45, 2.75) is 31.6 Å². The topological polar surface area (TPSA) is 63.3 Å². The minimum atomic E-state index is -0.946. The maximum Gasteiger partial charge on any atom is 0.321 e. The van der Waals surface area contributed by atoms with Gasteiger partial charge in [0, 0.05) is 10.5 Å². The fraction of sp³-hybridized carbons (Fsp3) is 0.667. The molecule has 0 aliphatic rings. The van der Waals surface area contributed by atoms with E-state index in [0.717, 1.165) is 5.75 Å². The number of nitrogens with two attached hydrogens (primary N) is 1. The number of carboxylic acids is 1. The van der Waals surface area contributed by atoms with Crippen LogP contribution in [0.2, 0.25) is 0 Å². The van der Waals surface area contributed by atoms with Crippen LogP contribution in [0.1, 0.15) is 20.8 Å². The molecule has 3 N–H and O–H groups in total. The van der Waals surface area contributed by atoms with Crippen LogP contribution < -0.4 is 5.73 Å². The maximum atomic E-state index is 10.6. The molecule has 13 heavy (non-hydrogen) atoms. The molecule has 0 saturated heterocycles. The zero-order chi connectivity index (χ0) is 10.5. The Balaban J connectivity index is 4.13. The number of hydrogen-bond donors (Lipinski definition) is 2. The molecule has 0 aliphatic heterocycles. The van der Waals surface area contributed by atoms with Crippen LogP contribution in [-0.4, -0.2) is 27.6 Å².